The molecule has 0 aliphatic carbocycles. The summed E-state index contributed by atoms with van der Waals surface area (Å²) < 4.78 is 45.3. The highest BCUT2D eigenvalue weighted by molar-refractivity contribution is 7.88. The van der Waals surface area contributed by atoms with Crippen molar-refractivity contribution in [3.63, 3.8) is 0 Å². The maximum absolute atomic E-state index is 13.2. The Morgan fingerprint density at radius 2 is 1.96 bits per heavy atom. The molecular weight excluding hydrogens is 385 g/mol. The Hall–Kier alpha value is -2.30. The standard InChI is InChI=1S/C18H24FN5O3S/c1-14-11-17(24-7-9-27-10-8-24)23-18(22-14)20-5-6-21-28(25,26)13-15-3-2-4-16(19)12-15/h2-4,11-12,21H,5-10,13H2,1H3,(H,20,22,23). The van der Waals surface area contributed by atoms with E-state index in [2.05, 4.69) is 24.9 Å². The molecule has 28 heavy (non-hydrogen) atoms. The van der Waals surface area contributed by atoms with Gasteiger partial charge in [0.25, 0.3) is 0 Å². The Bertz CT molecular complexity index is 904. The maximum atomic E-state index is 13.2. The van der Waals surface area contributed by atoms with Crippen LogP contribution < -0.4 is 14.9 Å². The summed E-state index contributed by atoms with van der Waals surface area (Å²) in [6, 6.07) is 7.47. The molecule has 3 rings (SSSR count). The van der Waals surface area contributed by atoms with Crippen molar-refractivity contribution in [1.29, 1.82) is 0 Å². The van der Waals surface area contributed by atoms with Gasteiger partial charge in [0, 0.05) is 37.9 Å². The van der Waals surface area contributed by atoms with Gasteiger partial charge in [-0.3, -0.25) is 0 Å². The lowest BCUT2D eigenvalue weighted by Gasteiger charge is -2.28. The number of morpholine rings is 1. The van der Waals surface area contributed by atoms with Crippen LogP contribution in [-0.4, -0.2) is 57.8 Å². The average Bonchev–Trinajstić information content (AvgIpc) is 2.65. The lowest BCUT2D eigenvalue weighted by molar-refractivity contribution is 0.122. The van der Waals surface area contributed by atoms with E-state index in [-0.39, 0.29) is 12.3 Å². The van der Waals surface area contributed by atoms with E-state index >= 15 is 0 Å². The van der Waals surface area contributed by atoms with Gasteiger partial charge in [-0.1, -0.05) is 12.1 Å². The van der Waals surface area contributed by atoms with Crippen molar-refractivity contribution < 1.29 is 17.5 Å². The number of hydrogen-bond donors (Lipinski definition) is 2. The molecule has 0 unspecified atom stereocenters. The van der Waals surface area contributed by atoms with E-state index in [0.717, 1.165) is 24.6 Å². The number of sulfonamides is 1. The van der Waals surface area contributed by atoms with Crippen LogP contribution in [0.3, 0.4) is 0 Å². The number of aromatic nitrogens is 2. The van der Waals surface area contributed by atoms with Crippen molar-refractivity contribution in [1.82, 2.24) is 14.7 Å². The van der Waals surface area contributed by atoms with Gasteiger partial charge in [0.15, 0.2) is 0 Å². The molecule has 10 heteroatoms. The lowest BCUT2D eigenvalue weighted by Crippen LogP contribution is -2.37. The fourth-order valence-corrected chi connectivity index (χ4v) is 4.00. The molecular formula is C18H24FN5O3S. The van der Waals surface area contributed by atoms with E-state index in [9.17, 15) is 12.8 Å². The number of anilines is 2. The number of ether oxygens (including phenoxy) is 1. The fraction of sp³-hybridized carbons (Fsp3) is 0.444. The van der Waals surface area contributed by atoms with Crippen LogP contribution in [0.15, 0.2) is 30.3 Å². The lowest BCUT2D eigenvalue weighted by atomic mass is 10.2. The van der Waals surface area contributed by atoms with Crippen LogP contribution in [0.5, 0.6) is 0 Å². The number of benzene rings is 1. The molecule has 0 atom stereocenters. The maximum Gasteiger partial charge on any atom is 0.224 e. The first-order valence-electron chi connectivity index (χ1n) is 9.05. The second-order valence-electron chi connectivity index (χ2n) is 6.50. The van der Waals surface area contributed by atoms with E-state index in [0.29, 0.717) is 31.3 Å². The smallest absolute Gasteiger partial charge is 0.224 e. The molecule has 0 amide bonds. The Morgan fingerprint density at radius 1 is 1.18 bits per heavy atom. The predicted molar refractivity (Wildman–Crippen MR) is 105 cm³/mol. The van der Waals surface area contributed by atoms with Crippen LogP contribution in [0.2, 0.25) is 0 Å². The summed E-state index contributed by atoms with van der Waals surface area (Å²) >= 11 is 0. The van der Waals surface area contributed by atoms with E-state index in [1.165, 1.54) is 18.2 Å². The highest BCUT2D eigenvalue weighted by atomic mass is 32.2. The fourth-order valence-electron chi connectivity index (χ4n) is 2.86. The van der Waals surface area contributed by atoms with Gasteiger partial charge in [-0.15, -0.1) is 0 Å². The van der Waals surface area contributed by atoms with Gasteiger partial charge in [-0.05, 0) is 24.6 Å². The van der Waals surface area contributed by atoms with E-state index in [1.807, 2.05) is 13.0 Å². The first-order valence-corrected chi connectivity index (χ1v) is 10.7. The third kappa shape index (κ3) is 6.11. The molecule has 1 saturated heterocycles. The molecule has 2 aromatic rings. The molecule has 1 aliphatic heterocycles. The summed E-state index contributed by atoms with van der Waals surface area (Å²) in [4.78, 5) is 11.0. The quantitative estimate of drug-likeness (QED) is 0.634. The second-order valence-corrected chi connectivity index (χ2v) is 8.31. The largest absolute Gasteiger partial charge is 0.378 e. The molecule has 0 bridgehead atoms. The van der Waals surface area contributed by atoms with Gasteiger partial charge < -0.3 is 15.0 Å². The van der Waals surface area contributed by atoms with E-state index in [1.54, 1.807) is 6.07 Å². The topological polar surface area (TPSA) is 96.5 Å². The minimum absolute atomic E-state index is 0.168. The Kier molecular flexibility index (Phi) is 6.76. The van der Waals surface area contributed by atoms with Gasteiger partial charge in [-0.25, -0.2) is 22.5 Å². The van der Waals surface area contributed by atoms with Crippen molar-refractivity contribution in [2.24, 2.45) is 0 Å². The monoisotopic (exact) mass is 409 g/mol. The zero-order valence-corrected chi connectivity index (χ0v) is 16.5. The van der Waals surface area contributed by atoms with Crippen LogP contribution in [0.1, 0.15) is 11.3 Å². The summed E-state index contributed by atoms with van der Waals surface area (Å²) in [6.07, 6.45) is 0. The van der Waals surface area contributed by atoms with Crippen LogP contribution in [0.25, 0.3) is 0 Å². The van der Waals surface area contributed by atoms with E-state index < -0.39 is 15.8 Å². The molecule has 1 aliphatic rings. The van der Waals surface area contributed by atoms with Gasteiger partial charge >= 0.3 is 0 Å². The van der Waals surface area contributed by atoms with Crippen molar-refractivity contribution in [2.75, 3.05) is 49.6 Å². The molecule has 0 saturated carbocycles. The van der Waals surface area contributed by atoms with Crippen molar-refractivity contribution in [3.05, 3.63) is 47.4 Å². The summed E-state index contributed by atoms with van der Waals surface area (Å²) in [5.41, 5.74) is 1.23. The number of hydrogen-bond acceptors (Lipinski definition) is 7. The average molecular weight is 409 g/mol. The summed E-state index contributed by atoms with van der Waals surface area (Å²) in [5, 5.41) is 3.04. The normalized spacial score (nSPS) is 14.9. The first kappa shape index (κ1) is 20.4. The van der Waals surface area contributed by atoms with Crippen molar-refractivity contribution >= 4 is 21.8 Å². The summed E-state index contributed by atoms with van der Waals surface area (Å²) in [7, 11) is -3.56. The minimum atomic E-state index is -3.56. The van der Waals surface area contributed by atoms with Crippen molar-refractivity contribution in [2.45, 2.75) is 12.7 Å². The first-order chi connectivity index (χ1) is 13.4. The molecule has 0 radical (unpaired) electrons. The highest BCUT2D eigenvalue weighted by Gasteiger charge is 2.15. The summed E-state index contributed by atoms with van der Waals surface area (Å²) in [6.45, 7) is 5.26. The SMILES string of the molecule is Cc1cc(N2CCOCC2)nc(NCCNS(=O)(=O)Cc2cccc(F)c2)n1. The molecule has 8 nitrogen and oxygen atoms in total. The highest BCUT2D eigenvalue weighted by Crippen LogP contribution is 2.16. The minimum Gasteiger partial charge on any atom is -0.378 e. The Labute approximate surface area is 164 Å². The molecule has 2 N–H and O–H groups in total. The molecule has 1 fully saturated rings. The number of nitrogens with zero attached hydrogens (tertiary/aromatic N) is 3. The molecule has 2 heterocycles. The molecule has 1 aromatic heterocycles. The number of nitrogens with one attached hydrogen (secondary N) is 2. The van der Waals surface area contributed by atoms with Gasteiger partial charge in [0.2, 0.25) is 16.0 Å². The van der Waals surface area contributed by atoms with Crippen LogP contribution in [-0.2, 0) is 20.5 Å². The summed E-state index contributed by atoms with van der Waals surface area (Å²) in [5.74, 6) is 0.546. The van der Waals surface area contributed by atoms with Gasteiger partial charge in [0.05, 0.1) is 19.0 Å². The zero-order chi connectivity index (χ0) is 20.0. The zero-order valence-electron chi connectivity index (χ0n) is 15.7. The Morgan fingerprint density at radius 3 is 2.71 bits per heavy atom. The number of rotatable bonds is 8. The van der Waals surface area contributed by atoms with Crippen molar-refractivity contribution in [3.8, 4) is 0 Å². The second kappa shape index (κ2) is 9.26. The van der Waals surface area contributed by atoms with Crippen LogP contribution in [0, 0.1) is 12.7 Å². The number of halogens is 1. The third-order valence-corrected chi connectivity index (χ3v) is 5.51. The Balaban J connectivity index is 1.51. The predicted octanol–water partition coefficient (Wildman–Crippen LogP) is 1.29. The van der Waals surface area contributed by atoms with Crippen LogP contribution in [0.4, 0.5) is 16.2 Å². The van der Waals surface area contributed by atoms with Crippen LogP contribution >= 0.6 is 0 Å². The van der Waals surface area contributed by atoms with Gasteiger partial charge in [-0.2, -0.15) is 4.98 Å². The number of aryl methyl sites for hydroxylation is 1. The molecule has 0 spiro atoms. The molecule has 152 valence electrons. The van der Waals surface area contributed by atoms with Gasteiger partial charge in [0.1, 0.15) is 11.6 Å². The van der Waals surface area contributed by atoms with E-state index in [4.69, 9.17) is 4.74 Å². The molecule has 1 aromatic carbocycles. The third-order valence-electron chi connectivity index (χ3n) is 4.15.